The number of rotatable bonds is 0. The minimum atomic E-state index is -0.307. The number of halogens is 1. The van der Waals surface area contributed by atoms with Gasteiger partial charge in [0.1, 0.15) is 11.9 Å². The van der Waals surface area contributed by atoms with Gasteiger partial charge in [-0.3, -0.25) is 0 Å². The van der Waals surface area contributed by atoms with Crippen molar-refractivity contribution in [2.24, 2.45) is 0 Å². The lowest BCUT2D eigenvalue weighted by molar-refractivity contribution is 0.0622. The lowest BCUT2D eigenvalue weighted by Crippen LogP contribution is -2.16. The highest BCUT2D eigenvalue weighted by Crippen LogP contribution is 2.21. The van der Waals surface area contributed by atoms with Gasteiger partial charge in [0.15, 0.2) is 0 Å². The molecule has 0 bridgehead atoms. The maximum atomic E-state index is 12.7. The first kappa shape index (κ1) is 6.75. The van der Waals surface area contributed by atoms with Crippen LogP contribution in [0.4, 0.5) is 4.39 Å². The first-order valence-corrected chi connectivity index (χ1v) is 3.18. The van der Waals surface area contributed by atoms with E-state index in [0.29, 0.717) is 6.61 Å². The number of ether oxygens (including phenoxy) is 1. The fourth-order valence-corrected chi connectivity index (χ4v) is 0.928. The summed E-state index contributed by atoms with van der Waals surface area (Å²) >= 11 is 0. The van der Waals surface area contributed by atoms with E-state index in [1.165, 1.54) is 0 Å². The Labute approximate surface area is 54.5 Å². The summed E-state index contributed by atoms with van der Waals surface area (Å²) in [6.45, 7) is 4.22. The molecule has 52 valence electrons. The predicted molar refractivity (Wildman–Crippen MR) is 33.8 cm³/mol. The van der Waals surface area contributed by atoms with E-state index in [0.717, 1.165) is 12.0 Å². The summed E-state index contributed by atoms with van der Waals surface area (Å²) in [4.78, 5) is 0. The highest BCUT2D eigenvalue weighted by molar-refractivity contribution is 5.10. The Morgan fingerprint density at radius 2 is 2.33 bits per heavy atom. The summed E-state index contributed by atoms with van der Waals surface area (Å²) < 4.78 is 17.8. The zero-order valence-electron chi connectivity index (χ0n) is 5.78. The van der Waals surface area contributed by atoms with Crippen molar-refractivity contribution in [2.45, 2.75) is 26.4 Å². The summed E-state index contributed by atoms with van der Waals surface area (Å²) in [6.07, 6.45) is 0.439. The van der Waals surface area contributed by atoms with Gasteiger partial charge in [-0.2, -0.15) is 0 Å². The largest absolute Gasteiger partial charge is 0.371 e. The predicted octanol–water partition coefficient (Wildman–Crippen LogP) is 2.04. The molecule has 1 nitrogen and oxygen atoms in total. The van der Waals surface area contributed by atoms with Crippen molar-refractivity contribution < 1.29 is 9.13 Å². The van der Waals surface area contributed by atoms with E-state index in [2.05, 4.69) is 0 Å². The van der Waals surface area contributed by atoms with Crippen LogP contribution >= 0.6 is 0 Å². The summed E-state index contributed by atoms with van der Waals surface area (Å²) in [6, 6.07) is 0. The van der Waals surface area contributed by atoms with Gasteiger partial charge in [0.25, 0.3) is 0 Å². The lowest BCUT2D eigenvalue weighted by atomic mass is 10.1. The van der Waals surface area contributed by atoms with Gasteiger partial charge < -0.3 is 4.74 Å². The van der Waals surface area contributed by atoms with Gasteiger partial charge in [0.05, 0.1) is 6.61 Å². The molecule has 0 N–H and O–H groups in total. The van der Waals surface area contributed by atoms with Crippen LogP contribution in [0.3, 0.4) is 0 Å². The molecular weight excluding hydrogens is 119 g/mol. The monoisotopic (exact) mass is 130 g/mol. The van der Waals surface area contributed by atoms with Crippen molar-refractivity contribution in [2.75, 3.05) is 6.61 Å². The van der Waals surface area contributed by atoms with Gasteiger partial charge in [-0.15, -0.1) is 0 Å². The quantitative estimate of drug-likeness (QED) is 0.487. The lowest BCUT2D eigenvalue weighted by Gasteiger charge is -2.18. The first-order valence-electron chi connectivity index (χ1n) is 3.18. The van der Waals surface area contributed by atoms with Crippen LogP contribution in [-0.2, 0) is 4.74 Å². The molecule has 0 aromatic heterocycles. The molecule has 0 aliphatic carbocycles. The maximum absolute atomic E-state index is 12.7. The van der Waals surface area contributed by atoms with E-state index in [1.807, 2.05) is 6.92 Å². The smallest absolute Gasteiger partial charge is 0.127 e. The molecule has 1 rings (SSSR count). The Morgan fingerprint density at radius 3 is 2.78 bits per heavy atom. The molecule has 0 saturated carbocycles. The Morgan fingerprint density at radius 1 is 1.67 bits per heavy atom. The van der Waals surface area contributed by atoms with Gasteiger partial charge in [0.2, 0.25) is 0 Å². The Bertz CT molecular complexity index is 140. The van der Waals surface area contributed by atoms with E-state index < -0.39 is 0 Å². The molecule has 1 heterocycles. The summed E-state index contributed by atoms with van der Waals surface area (Å²) in [5, 5.41) is 0. The van der Waals surface area contributed by atoms with Crippen molar-refractivity contribution in [3.63, 3.8) is 0 Å². The van der Waals surface area contributed by atoms with Crippen molar-refractivity contribution in [3.05, 3.63) is 11.4 Å². The number of hydrogen-bond acceptors (Lipinski definition) is 1. The van der Waals surface area contributed by atoms with Crippen LogP contribution in [0.2, 0.25) is 0 Å². The molecule has 0 radical (unpaired) electrons. The van der Waals surface area contributed by atoms with Crippen molar-refractivity contribution in [1.29, 1.82) is 0 Å². The standard InChI is InChI=1S/C7H11FO/c1-5-3-4-9-6(2)7(5)8/h6H,3-4H2,1-2H3/t6-/m0/s1. The zero-order chi connectivity index (χ0) is 6.85. The van der Waals surface area contributed by atoms with Gasteiger partial charge in [-0.05, 0) is 25.8 Å². The van der Waals surface area contributed by atoms with E-state index in [4.69, 9.17) is 4.74 Å². The molecule has 2 heteroatoms. The average Bonchev–Trinajstić information content (AvgIpc) is 1.83. The first-order chi connectivity index (χ1) is 4.22. The highest BCUT2D eigenvalue weighted by atomic mass is 19.1. The zero-order valence-corrected chi connectivity index (χ0v) is 5.78. The molecule has 0 amide bonds. The fraction of sp³-hybridized carbons (Fsp3) is 0.714. The van der Waals surface area contributed by atoms with Gasteiger partial charge in [0, 0.05) is 0 Å². The third kappa shape index (κ3) is 1.30. The molecule has 0 fully saturated rings. The van der Waals surface area contributed by atoms with E-state index in [-0.39, 0.29) is 11.9 Å². The molecule has 0 saturated heterocycles. The summed E-state index contributed by atoms with van der Waals surface area (Å²) in [5.41, 5.74) is 0.841. The van der Waals surface area contributed by atoms with Crippen LogP contribution in [0.25, 0.3) is 0 Å². The van der Waals surface area contributed by atoms with Gasteiger partial charge in [-0.25, -0.2) is 4.39 Å². The second-order valence-electron chi connectivity index (χ2n) is 2.39. The molecule has 0 aromatic rings. The topological polar surface area (TPSA) is 9.23 Å². The molecule has 1 atom stereocenters. The van der Waals surface area contributed by atoms with Crippen LogP contribution in [0.1, 0.15) is 20.3 Å². The minimum Gasteiger partial charge on any atom is -0.371 e. The van der Waals surface area contributed by atoms with Crippen LogP contribution < -0.4 is 0 Å². The van der Waals surface area contributed by atoms with E-state index in [9.17, 15) is 4.39 Å². The molecule has 1 aliphatic rings. The molecular formula is C7H11FO. The van der Waals surface area contributed by atoms with Crippen molar-refractivity contribution >= 4 is 0 Å². The fourth-order valence-electron chi connectivity index (χ4n) is 0.928. The molecule has 0 unspecified atom stereocenters. The minimum absolute atomic E-state index is 0.0822. The van der Waals surface area contributed by atoms with Crippen LogP contribution in [0.15, 0.2) is 11.4 Å². The maximum Gasteiger partial charge on any atom is 0.127 e. The second-order valence-corrected chi connectivity index (χ2v) is 2.39. The normalized spacial score (nSPS) is 29.0. The third-order valence-corrected chi connectivity index (χ3v) is 1.61. The SMILES string of the molecule is CC1=C(F)[C@H](C)OCC1. The highest BCUT2D eigenvalue weighted by Gasteiger charge is 2.16. The molecule has 0 aromatic carbocycles. The van der Waals surface area contributed by atoms with Gasteiger partial charge in [-0.1, -0.05) is 0 Å². The van der Waals surface area contributed by atoms with Crippen LogP contribution in [-0.4, -0.2) is 12.7 Å². The second kappa shape index (κ2) is 2.48. The van der Waals surface area contributed by atoms with Crippen molar-refractivity contribution in [1.82, 2.24) is 0 Å². The number of hydrogen-bond donors (Lipinski definition) is 0. The van der Waals surface area contributed by atoms with Crippen molar-refractivity contribution in [3.8, 4) is 0 Å². The van der Waals surface area contributed by atoms with E-state index >= 15 is 0 Å². The van der Waals surface area contributed by atoms with Crippen LogP contribution in [0.5, 0.6) is 0 Å². The van der Waals surface area contributed by atoms with E-state index in [1.54, 1.807) is 6.92 Å². The Balaban J connectivity index is 2.72. The molecule has 1 aliphatic heterocycles. The average molecular weight is 130 g/mol. The third-order valence-electron chi connectivity index (χ3n) is 1.61. The molecule has 0 spiro atoms. The Kier molecular flexibility index (Phi) is 1.86. The Hall–Kier alpha value is -0.370. The van der Waals surface area contributed by atoms with Crippen LogP contribution in [0, 0.1) is 0 Å². The van der Waals surface area contributed by atoms with Gasteiger partial charge >= 0.3 is 0 Å². The summed E-state index contributed by atoms with van der Waals surface area (Å²) in [7, 11) is 0. The molecule has 9 heavy (non-hydrogen) atoms. The summed E-state index contributed by atoms with van der Waals surface area (Å²) in [5.74, 6) is -0.0822.